The van der Waals surface area contributed by atoms with Gasteiger partial charge in [-0.25, -0.2) is 0 Å². The lowest BCUT2D eigenvalue weighted by atomic mass is 9.95. The fourth-order valence-corrected chi connectivity index (χ4v) is 2.98. The van der Waals surface area contributed by atoms with Crippen molar-refractivity contribution < 1.29 is 0 Å². The number of hydrogen-bond donors (Lipinski definition) is 1. The maximum atomic E-state index is 9.40. The Morgan fingerprint density at radius 3 is 2.84 bits per heavy atom. The van der Waals surface area contributed by atoms with Gasteiger partial charge >= 0.3 is 0 Å². The molecule has 2 unspecified atom stereocenters. The molecule has 4 nitrogen and oxygen atoms in total. The fourth-order valence-electron chi connectivity index (χ4n) is 2.98. The SMILES string of the molecule is Cc1cc(N2CCCCC2C(C)N)c(C#N)c(C)n1. The Balaban J connectivity index is 2.47. The van der Waals surface area contributed by atoms with Gasteiger partial charge in [0.1, 0.15) is 6.07 Å². The number of nitrogens with two attached hydrogens (primary N) is 1. The van der Waals surface area contributed by atoms with E-state index in [9.17, 15) is 5.26 Å². The normalized spacial score (nSPS) is 21.0. The highest BCUT2D eigenvalue weighted by Gasteiger charge is 2.28. The standard InChI is InChI=1S/C15H22N4/c1-10-8-15(13(9-16)12(3)18-10)19-7-5-4-6-14(19)11(2)17/h8,11,14H,4-7,17H2,1-3H3. The van der Waals surface area contributed by atoms with Crippen molar-refractivity contribution >= 4 is 5.69 Å². The molecule has 0 aromatic carbocycles. The van der Waals surface area contributed by atoms with Gasteiger partial charge in [-0.05, 0) is 46.1 Å². The lowest BCUT2D eigenvalue weighted by molar-refractivity contribution is 0.413. The largest absolute Gasteiger partial charge is 0.366 e. The number of aromatic nitrogens is 1. The first-order valence-corrected chi connectivity index (χ1v) is 6.95. The fraction of sp³-hybridized carbons (Fsp3) is 0.600. The van der Waals surface area contributed by atoms with Gasteiger partial charge in [0, 0.05) is 24.3 Å². The zero-order valence-corrected chi connectivity index (χ0v) is 12.0. The van der Waals surface area contributed by atoms with E-state index in [0.29, 0.717) is 11.6 Å². The highest BCUT2D eigenvalue weighted by molar-refractivity contribution is 5.62. The van der Waals surface area contributed by atoms with Crippen LogP contribution in [0.4, 0.5) is 5.69 Å². The Bertz CT molecular complexity index is 502. The molecule has 1 aromatic rings. The quantitative estimate of drug-likeness (QED) is 0.883. The molecule has 1 fully saturated rings. The number of hydrogen-bond acceptors (Lipinski definition) is 4. The monoisotopic (exact) mass is 258 g/mol. The van der Waals surface area contributed by atoms with Crippen LogP contribution >= 0.6 is 0 Å². The summed E-state index contributed by atoms with van der Waals surface area (Å²) in [6, 6.07) is 4.76. The van der Waals surface area contributed by atoms with Gasteiger partial charge in [0.2, 0.25) is 0 Å². The van der Waals surface area contributed by atoms with Crippen LogP contribution < -0.4 is 10.6 Å². The van der Waals surface area contributed by atoms with Crippen molar-refractivity contribution in [2.24, 2.45) is 5.73 Å². The third-order valence-electron chi connectivity index (χ3n) is 3.89. The third kappa shape index (κ3) is 2.71. The molecular formula is C15H22N4. The Kier molecular flexibility index (Phi) is 4.06. The molecule has 2 atom stereocenters. The van der Waals surface area contributed by atoms with Crippen LogP contribution in [-0.2, 0) is 0 Å². The molecule has 19 heavy (non-hydrogen) atoms. The van der Waals surface area contributed by atoms with Crippen molar-refractivity contribution in [1.29, 1.82) is 5.26 Å². The minimum absolute atomic E-state index is 0.112. The number of nitrogens with zero attached hydrogens (tertiary/aromatic N) is 3. The summed E-state index contributed by atoms with van der Waals surface area (Å²) in [5.41, 5.74) is 9.59. The first kappa shape index (κ1) is 13.8. The molecule has 0 amide bonds. The van der Waals surface area contributed by atoms with E-state index in [4.69, 9.17) is 5.73 Å². The highest BCUT2D eigenvalue weighted by Crippen LogP contribution is 2.30. The average molecular weight is 258 g/mol. The minimum atomic E-state index is 0.112. The Morgan fingerprint density at radius 2 is 2.21 bits per heavy atom. The number of rotatable bonds is 2. The van der Waals surface area contributed by atoms with Crippen molar-refractivity contribution in [3.63, 3.8) is 0 Å². The Labute approximate surface area is 115 Å². The number of nitriles is 1. The summed E-state index contributed by atoms with van der Waals surface area (Å²) in [7, 11) is 0. The Hall–Kier alpha value is -1.60. The lowest BCUT2D eigenvalue weighted by Gasteiger charge is -2.40. The summed E-state index contributed by atoms with van der Waals surface area (Å²) in [6.07, 6.45) is 3.48. The summed E-state index contributed by atoms with van der Waals surface area (Å²) in [6.45, 7) is 6.90. The van der Waals surface area contributed by atoms with Crippen LogP contribution in [0.1, 0.15) is 43.1 Å². The number of piperidine rings is 1. The summed E-state index contributed by atoms with van der Waals surface area (Å²) in [5, 5.41) is 9.40. The zero-order chi connectivity index (χ0) is 14.0. The predicted octanol–water partition coefficient (Wildman–Crippen LogP) is 2.28. The second kappa shape index (κ2) is 5.58. The second-order valence-electron chi connectivity index (χ2n) is 5.47. The summed E-state index contributed by atoms with van der Waals surface area (Å²) in [5.74, 6) is 0. The van der Waals surface area contributed by atoms with E-state index >= 15 is 0 Å². The van der Waals surface area contributed by atoms with Crippen molar-refractivity contribution in [1.82, 2.24) is 4.98 Å². The molecule has 2 rings (SSSR count). The molecule has 1 aliphatic rings. The molecule has 0 saturated carbocycles. The molecule has 0 bridgehead atoms. The molecule has 1 aliphatic heterocycles. The van der Waals surface area contributed by atoms with Crippen molar-refractivity contribution in [3.05, 3.63) is 23.0 Å². The van der Waals surface area contributed by atoms with Crippen molar-refractivity contribution in [3.8, 4) is 6.07 Å². The van der Waals surface area contributed by atoms with Gasteiger partial charge < -0.3 is 10.6 Å². The predicted molar refractivity (Wildman–Crippen MR) is 77.1 cm³/mol. The molecule has 2 heterocycles. The smallest absolute Gasteiger partial charge is 0.103 e. The first-order valence-electron chi connectivity index (χ1n) is 6.95. The van der Waals surface area contributed by atoms with Crippen LogP contribution in [-0.4, -0.2) is 23.6 Å². The molecule has 1 aromatic heterocycles. The van der Waals surface area contributed by atoms with Gasteiger partial charge in [0.15, 0.2) is 0 Å². The number of anilines is 1. The van der Waals surface area contributed by atoms with Crippen molar-refractivity contribution in [2.75, 3.05) is 11.4 Å². The lowest BCUT2D eigenvalue weighted by Crippen LogP contribution is -2.49. The van der Waals surface area contributed by atoms with E-state index < -0.39 is 0 Å². The van der Waals surface area contributed by atoms with Crippen LogP contribution in [0.25, 0.3) is 0 Å². The number of pyridine rings is 1. The molecule has 2 N–H and O–H groups in total. The van der Waals surface area contributed by atoms with Gasteiger partial charge in [-0.15, -0.1) is 0 Å². The molecule has 1 saturated heterocycles. The van der Waals surface area contributed by atoms with E-state index in [2.05, 4.69) is 22.9 Å². The zero-order valence-electron chi connectivity index (χ0n) is 12.0. The molecule has 0 spiro atoms. The van der Waals surface area contributed by atoms with Gasteiger partial charge in [0.05, 0.1) is 16.9 Å². The van der Waals surface area contributed by atoms with Crippen molar-refractivity contribution in [2.45, 2.75) is 52.1 Å². The summed E-state index contributed by atoms with van der Waals surface area (Å²) >= 11 is 0. The molecule has 4 heteroatoms. The first-order chi connectivity index (χ1) is 9.04. The maximum absolute atomic E-state index is 9.40. The van der Waals surface area contributed by atoms with Gasteiger partial charge in [-0.1, -0.05) is 0 Å². The average Bonchev–Trinajstić information content (AvgIpc) is 2.37. The van der Waals surface area contributed by atoms with E-state index in [0.717, 1.165) is 36.5 Å². The van der Waals surface area contributed by atoms with E-state index in [1.807, 2.05) is 19.9 Å². The summed E-state index contributed by atoms with van der Waals surface area (Å²) < 4.78 is 0. The van der Waals surface area contributed by atoms with Crippen LogP contribution in [0.5, 0.6) is 0 Å². The van der Waals surface area contributed by atoms with E-state index in [1.165, 1.54) is 6.42 Å². The minimum Gasteiger partial charge on any atom is -0.366 e. The molecule has 0 aliphatic carbocycles. The van der Waals surface area contributed by atoms with Gasteiger partial charge in [-0.2, -0.15) is 5.26 Å². The van der Waals surface area contributed by atoms with Crippen LogP contribution in [0.15, 0.2) is 6.07 Å². The van der Waals surface area contributed by atoms with Gasteiger partial charge in [-0.3, -0.25) is 4.98 Å². The second-order valence-corrected chi connectivity index (χ2v) is 5.47. The van der Waals surface area contributed by atoms with Crippen LogP contribution in [0, 0.1) is 25.2 Å². The number of aryl methyl sites for hydroxylation is 2. The highest BCUT2D eigenvalue weighted by atomic mass is 15.2. The molecular weight excluding hydrogens is 236 g/mol. The Morgan fingerprint density at radius 1 is 1.47 bits per heavy atom. The van der Waals surface area contributed by atoms with Gasteiger partial charge in [0.25, 0.3) is 0 Å². The summed E-state index contributed by atoms with van der Waals surface area (Å²) in [4.78, 5) is 6.70. The van der Waals surface area contributed by atoms with Crippen LogP contribution in [0.3, 0.4) is 0 Å². The maximum Gasteiger partial charge on any atom is 0.103 e. The molecule has 0 radical (unpaired) electrons. The van der Waals surface area contributed by atoms with E-state index in [-0.39, 0.29) is 6.04 Å². The topological polar surface area (TPSA) is 65.9 Å². The molecule has 102 valence electrons. The van der Waals surface area contributed by atoms with Crippen LogP contribution in [0.2, 0.25) is 0 Å². The van der Waals surface area contributed by atoms with E-state index in [1.54, 1.807) is 0 Å². The third-order valence-corrected chi connectivity index (χ3v) is 3.89.